The van der Waals surface area contributed by atoms with Gasteiger partial charge in [-0.15, -0.1) is 0 Å². The molecule has 1 unspecified atom stereocenters. The van der Waals surface area contributed by atoms with Crippen LogP contribution in [0, 0.1) is 11.3 Å². The van der Waals surface area contributed by atoms with Crippen molar-refractivity contribution in [1.29, 1.82) is 5.26 Å². The molecule has 4 nitrogen and oxygen atoms in total. The molecule has 0 radical (unpaired) electrons. The molecule has 0 saturated heterocycles. The first kappa shape index (κ1) is 11.1. The number of primary amides is 1. The summed E-state index contributed by atoms with van der Waals surface area (Å²) < 4.78 is 4.69. The number of nitriles is 1. The molecule has 4 heteroatoms. The Hall–Kier alpha value is -2.02. The van der Waals surface area contributed by atoms with Crippen molar-refractivity contribution in [2.45, 2.75) is 12.8 Å². The van der Waals surface area contributed by atoms with Crippen LogP contribution in [-0.2, 0) is 4.74 Å². The Balaban J connectivity index is 2.62. The van der Waals surface area contributed by atoms with Gasteiger partial charge < -0.3 is 10.5 Å². The number of rotatable bonds is 3. The summed E-state index contributed by atoms with van der Waals surface area (Å²) in [6.45, 7) is 2.17. The van der Waals surface area contributed by atoms with Crippen LogP contribution in [0.2, 0.25) is 0 Å². The molecule has 0 bridgehead atoms. The van der Waals surface area contributed by atoms with Crippen molar-refractivity contribution >= 4 is 6.09 Å². The normalized spacial score (nSPS) is 11.5. The minimum atomic E-state index is -0.768. The average molecular weight is 204 g/mol. The summed E-state index contributed by atoms with van der Waals surface area (Å²) in [6.07, 6.45) is -0.768. The Labute approximate surface area is 88.3 Å². The number of hydrogen-bond donors (Lipinski definition) is 1. The first-order chi connectivity index (χ1) is 7.13. The highest BCUT2D eigenvalue weighted by molar-refractivity contribution is 5.64. The first-order valence-electron chi connectivity index (χ1n) is 4.55. The molecule has 1 atom stereocenters. The quantitative estimate of drug-likeness (QED) is 0.814. The van der Waals surface area contributed by atoms with E-state index in [1.807, 2.05) is 25.1 Å². The molecule has 0 spiro atoms. The minimum Gasteiger partial charge on any atom is -0.449 e. The van der Waals surface area contributed by atoms with Crippen molar-refractivity contribution < 1.29 is 9.53 Å². The highest BCUT2D eigenvalue weighted by Crippen LogP contribution is 2.15. The molecular formula is C11H12N2O2. The summed E-state index contributed by atoms with van der Waals surface area (Å²) in [5, 5.41) is 8.61. The predicted molar refractivity (Wildman–Crippen MR) is 55.1 cm³/mol. The lowest BCUT2D eigenvalue weighted by Crippen LogP contribution is -2.16. The van der Waals surface area contributed by atoms with Gasteiger partial charge in [-0.2, -0.15) is 5.26 Å². The Kier molecular flexibility index (Phi) is 3.69. The second-order valence-electron chi connectivity index (χ2n) is 3.26. The second kappa shape index (κ2) is 5.01. The molecule has 1 aromatic rings. The fourth-order valence-corrected chi connectivity index (χ4v) is 1.19. The largest absolute Gasteiger partial charge is 0.449 e. The molecule has 0 aromatic heterocycles. The van der Waals surface area contributed by atoms with Gasteiger partial charge in [-0.05, 0) is 17.7 Å². The van der Waals surface area contributed by atoms with Crippen LogP contribution in [-0.4, -0.2) is 12.7 Å². The summed E-state index contributed by atoms with van der Waals surface area (Å²) in [7, 11) is 0. The number of benzene rings is 1. The van der Waals surface area contributed by atoms with Gasteiger partial charge in [0.2, 0.25) is 0 Å². The maximum absolute atomic E-state index is 10.4. The fourth-order valence-electron chi connectivity index (χ4n) is 1.19. The lowest BCUT2D eigenvalue weighted by Gasteiger charge is -2.10. The van der Waals surface area contributed by atoms with Gasteiger partial charge in [0, 0.05) is 5.92 Å². The van der Waals surface area contributed by atoms with Crippen molar-refractivity contribution in [3.8, 4) is 6.07 Å². The molecule has 0 aliphatic rings. The van der Waals surface area contributed by atoms with E-state index < -0.39 is 6.09 Å². The van der Waals surface area contributed by atoms with Crippen molar-refractivity contribution in [2.24, 2.45) is 5.73 Å². The van der Waals surface area contributed by atoms with Gasteiger partial charge in [-0.25, -0.2) is 4.79 Å². The summed E-state index contributed by atoms with van der Waals surface area (Å²) in [5.41, 5.74) is 6.48. The van der Waals surface area contributed by atoms with Crippen molar-refractivity contribution in [3.05, 3.63) is 35.4 Å². The zero-order valence-electron chi connectivity index (χ0n) is 8.43. The summed E-state index contributed by atoms with van der Waals surface area (Å²) in [6, 6.07) is 9.18. The van der Waals surface area contributed by atoms with Crippen LogP contribution in [0.25, 0.3) is 0 Å². The van der Waals surface area contributed by atoms with Crippen molar-refractivity contribution in [3.63, 3.8) is 0 Å². The van der Waals surface area contributed by atoms with Gasteiger partial charge in [0.15, 0.2) is 0 Å². The van der Waals surface area contributed by atoms with E-state index in [1.165, 1.54) is 0 Å². The molecular weight excluding hydrogens is 192 g/mol. The average Bonchev–Trinajstić information content (AvgIpc) is 2.26. The van der Waals surface area contributed by atoms with Gasteiger partial charge in [-0.1, -0.05) is 19.1 Å². The standard InChI is InChI=1S/C11H12N2O2/c1-8(7-15-11(13)14)10-4-2-9(6-12)3-5-10/h2-5,8H,7H2,1H3,(H2,13,14). The third-order valence-corrected chi connectivity index (χ3v) is 2.08. The SMILES string of the molecule is CC(COC(N)=O)c1ccc(C#N)cc1. The van der Waals surface area contributed by atoms with E-state index >= 15 is 0 Å². The topological polar surface area (TPSA) is 76.1 Å². The second-order valence-corrected chi connectivity index (χ2v) is 3.26. The van der Waals surface area contributed by atoms with Crippen LogP contribution in [0.5, 0.6) is 0 Å². The van der Waals surface area contributed by atoms with E-state index in [-0.39, 0.29) is 12.5 Å². The van der Waals surface area contributed by atoms with Gasteiger partial charge in [0.1, 0.15) is 0 Å². The smallest absolute Gasteiger partial charge is 0.404 e. The van der Waals surface area contributed by atoms with Crippen LogP contribution in [0.15, 0.2) is 24.3 Å². The zero-order chi connectivity index (χ0) is 11.3. The van der Waals surface area contributed by atoms with Crippen LogP contribution in [0.4, 0.5) is 4.79 Å². The number of hydrogen-bond acceptors (Lipinski definition) is 3. The van der Waals surface area contributed by atoms with Crippen LogP contribution in [0.1, 0.15) is 24.0 Å². The number of nitrogens with two attached hydrogens (primary N) is 1. The highest BCUT2D eigenvalue weighted by Gasteiger charge is 2.07. The van der Waals surface area contributed by atoms with E-state index in [1.54, 1.807) is 12.1 Å². The van der Waals surface area contributed by atoms with Gasteiger partial charge >= 0.3 is 6.09 Å². The van der Waals surface area contributed by atoms with Crippen LogP contribution in [0.3, 0.4) is 0 Å². The van der Waals surface area contributed by atoms with Gasteiger partial charge in [0.05, 0.1) is 18.2 Å². The number of ether oxygens (including phenoxy) is 1. The zero-order valence-corrected chi connectivity index (χ0v) is 8.43. The van der Waals surface area contributed by atoms with E-state index in [9.17, 15) is 4.79 Å². The summed E-state index contributed by atoms with van der Waals surface area (Å²) in [4.78, 5) is 10.4. The summed E-state index contributed by atoms with van der Waals surface area (Å²) >= 11 is 0. The van der Waals surface area contributed by atoms with Gasteiger partial charge in [-0.3, -0.25) is 0 Å². The number of amides is 1. The van der Waals surface area contributed by atoms with E-state index in [4.69, 9.17) is 11.0 Å². The lowest BCUT2D eigenvalue weighted by molar-refractivity contribution is 0.151. The molecule has 1 amide bonds. The Morgan fingerprint density at radius 1 is 1.53 bits per heavy atom. The van der Waals surface area contributed by atoms with Crippen LogP contribution < -0.4 is 5.73 Å². The van der Waals surface area contributed by atoms with Crippen molar-refractivity contribution in [2.75, 3.05) is 6.61 Å². The molecule has 15 heavy (non-hydrogen) atoms. The van der Waals surface area contributed by atoms with Crippen molar-refractivity contribution in [1.82, 2.24) is 0 Å². The number of carbonyl (C=O) groups is 1. The molecule has 78 valence electrons. The van der Waals surface area contributed by atoms with E-state index in [0.717, 1.165) is 5.56 Å². The Morgan fingerprint density at radius 3 is 2.60 bits per heavy atom. The molecule has 1 aromatic carbocycles. The molecule has 0 aliphatic carbocycles. The maximum Gasteiger partial charge on any atom is 0.404 e. The lowest BCUT2D eigenvalue weighted by atomic mass is 10.0. The number of carbonyl (C=O) groups excluding carboxylic acids is 1. The highest BCUT2D eigenvalue weighted by atomic mass is 16.5. The van der Waals surface area contributed by atoms with Gasteiger partial charge in [0.25, 0.3) is 0 Å². The third kappa shape index (κ3) is 3.31. The monoisotopic (exact) mass is 204 g/mol. The molecule has 0 saturated carbocycles. The van der Waals surface area contributed by atoms with E-state index in [2.05, 4.69) is 4.74 Å². The first-order valence-corrected chi connectivity index (χ1v) is 4.55. The Morgan fingerprint density at radius 2 is 2.13 bits per heavy atom. The molecule has 2 N–H and O–H groups in total. The summed E-state index contributed by atoms with van der Waals surface area (Å²) in [5.74, 6) is 0.0743. The number of nitrogens with zero attached hydrogens (tertiary/aromatic N) is 1. The fraction of sp³-hybridized carbons (Fsp3) is 0.273. The minimum absolute atomic E-state index is 0.0743. The molecule has 0 heterocycles. The molecule has 0 aliphatic heterocycles. The van der Waals surface area contributed by atoms with Crippen LogP contribution >= 0.6 is 0 Å². The predicted octanol–water partition coefficient (Wildman–Crippen LogP) is 1.76. The molecule has 1 rings (SSSR count). The molecule has 0 fully saturated rings. The third-order valence-electron chi connectivity index (χ3n) is 2.08. The Bertz CT molecular complexity index is 379. The maximum atomic E-state index is 10.4. The van der Waals surface area contributed by atoms with E-state index in [0.29, 0.717) is 5.56 Å².